The molecular formula is C16H23F3N4O. The van der Waals surface area contributed by atoms with E-state index in [1.807, 2.05) is 0 Å². The summed E-state index contributed by atoms with van der Waals surface area (Å²) in [5.74, 6) is -0.587. The molecule has 1 saturated carbocycles. The Hall–Kier alpha value is -1.60. The lowest BCUT2D eigenvalue weighted by Gasteiger charge is -2.43. The van der Waals surface area contributed by atoms with Crippen LogP contribution in [0.2, 0.25) is 0 Å². The summed E-state index contributed by atoms with van der Waals surface area (Å²) in [7, 11) is 0. The van der Waals surface area contributed by atoms with E-state index in [1.165, 1.54) is 4.90 Å². The van der Waals surface area contributed by atoms with Crippen molar-refractivity contribution in [2.75, 3.05) is 13.1 Å². The van der Waals surface area contributed by atoms with Crippen molar-refractivity contribution in [3.8, 4) is 0 Å². The highest BCUT2D eigenvalue weighted by Gasteiger charge is 2.61. The van der Waals surface area contributed by atoms with E-state index < -0.39 is 17.5 Å². The number of piperidine rings is 1. The number of aromatic nitrogens is 3. The van der Waals surface area contributed by atoms with E-state index in [2.05, 4.69) is 10.3 Å². The van der Waals surface area contributed by atoms with Crippen LogP contribution in [-0.2, 0) is 11.3 Å². The molecule has 134 valence electrons. The molecule has 1 aromatic heterocycles. The minimum Gasteiger partial charge on any atom is -0.342 e. The molecule has 2 fully saturated rings. The number of carbonyl (C=O) groups is 1. The van der Waals surface area contributed by atoms with Gasteiger partial charge in [-0.25, -0.2) is 0 Å². The van der Waals surface area contributed by atoms with Gasteiger partial charge in [0, 0.05) is 25.8 Å². The summed E-state index contributed by atoms with van der Waals surface area (Å²) in [4.78, 5) is 14.3. The Morgan fingerprint density at radius 3 is 2.58 bits per heavy atom. The van der Waals surface area contributed by atoms with Gasteiger partial charge in [-0.3, -0.25) is 9.48 Å². The van der Waals surface area contributed by atoms with Crippen LogP contribution in [0.5, 0.6) is 0 Å². The molecular weight excluding hydrogens is 321 g/mol. The van der Waals surface area contributed by atoms with Gasteiger partial charge in [-0.05, 0) is 31.6 Å². The second kappa shape index (κ2) is 6.72. The number of halogens is 3. The lowest BCUT2D eigenvalue weighted by Crippen LogP contribution is -2.55. The molecule has 0 radical (unpaired) electrons. The molecule has 1 saturated heterocycles. The van der Waals surface area contributed by atoms with Crippen LogP contribution in [0.25, 0.3) is 0 Å². The van der Waals surface area contributed by atoms with E-state index in [1.54, 1.807) is 17.1 Å². The third-order valence-corrected chi connectivity index (χ3v) is 5.38. The predicted molar refractivity (Wildman–Crippen MR) is 80.9 cm³/mol. The molecule has 0 aromatic carbocycles. The Labute approximate surface area is 139 Å². The molecule has 0 N–H and O–H groups in total. The fraction of sp³-hybridized carbons (Fsp3) is 0.812. The summed E-state index contributed by atoms with van der Waals surface area (Å²) >= 11 is 0. The Kier molecular flexibility index (Phi) is 4.83. The molecule has 8 heteroatoms. The number of hydrogen-bond acceptors (Lipinski definition) is 3. The number of rotatable bonds is 3. The van der Waals surface area contributed by atoms with Crippen LogP contribution in [0.15, 0.2) is 12.4 Å². The molecule has 0 bridgehead atoms. The average Bonchev–Trinajstić information content (AvgIpc) is 3.07. The van der Waals surface area contributed by atoms with Crippen LogP contribution in [0, 0.1) is 11.3 Å². The molecule has 1 amide bonds. The van der Waals surface area contributed by atoms with Gasteiger partial charge in [-0.15, -0.1) is 5.10 Å². The van der Waals surface area contributed by atoms with Gasteiger partial charge in [0.1, 0.15) is 5.41 Å². The fourth-order valence-corrected chi connectivity index (χ4v) is 4.07. The van der Waals surface area contributed by atoms with Crippen molar-refractivity contribution in [3.63, 3.8) is 0 Å². The minimum atomic E-state index is -4.47. The maximum Gasteiger partial charge on any atom is 0.403 e. The zero-order valence-electron chi connectivity index (χ0n) is 13.6. The molecule has 3 rings (SSSR count). The molecule has 1 unspecified atom stereocenters. The smallest absolute Gasteiger partial charge is 0.342 e. The van der Waals surface area contributed by atoms with Gasteiger partial charge in [0.15, 0.2) is 0 Å². The molecule has 0 spiro atoms. The van der Waals surface area contributed by atoms with Crippen molar-refractivity contribution in [2.24, 2.45) is 11.3 Å². The summed E-state index contributed by atoms with van der Waals surface area (Å²) in [6, 6.07) is 0. The van der Waals surface area contributed by atoms with Crippen LogP contribution < -0.4 is 0 Å². The van der Waals surface area contributed by atoms with Gasteiger partial charge in [0.25, 0.3) is 0 Å². The Balaban J connectivity index is 1.72. The second-order valence-corrected chi connectivity index (χ2v) is 7.03. The first kappa shape index (κ1) is 17.2. The number of likely N-dealkylation sites (tertiary alicyclic amines) is 1. The lowest BCUT2D eigenvalue weighted by atomic mass is 9.72. The van der Waals surface area contributed by atoms with Crippen molar-refractivity contribution in [1.29, 1.82) is 0 Å². The molecule has 2 heterocycles. The number of nitrogens with zero attached hydrogens (tertiary/aromatic N) is 4. The van der Waals surface area contributed by atoms with Gasteiger partial charge < -0.3 is 4.90 Å². The number of hydrogen-bond donors (Lipinski definition) is 0. The SMILES string of the molecule is O=C(N1CCCC(Cn2ccnn2)C1)C1(C(F)(F)F)CCCCC1. The van der Waals surface area contributed by atoms with Crippen molar-refractivity contribution >= 4 is 5.91 Å². The first-order chi connectivity index (χ1) is 11.4. The summed E-state index contributed by atoms with van der Waals surface area (Å²) in [5, 5.41) is 7.65. The van der Waals surface area contributed by atoms with Gasteiger partial charge in [0.2, 0.25) is 5.91 Å². The van der Waals surface area contributed by atoms with Gasteiger partial charge >= 0.3 is 6.18 Å². The first-order valence-corrected chi connectivity index (χ1v) is 8.62. The monoisotopic (exact) mass is 344 g/mol. The van der Waals surface area contributed by atoms with Crippen molar-refractivity contribution in [2.45, 2.75) is 57.7 Å². The van der Waals surface area contributed by atoms with E-state index in [9.17, 15) is 18.0 Å². The van der Waals surface area contributed by atoms with Crippen LogP contribution in [0.4, 0.5) is 13.2 Å². The Morgan fingerprint density at radius 2 is 1.96 bits per heavy atom. The van der Waals surface area contributed by atoms with Gasteiger partial charge in [0.05, 0.1) is 6.20 Å². The third kappa shape index (κ3) is 3.28. The largest absolute Gasteiger partial charge is 0.403 e. The number of alkyl halides is 3. The minimum absolute atomic E-state index is 0.0699. The molecule has 1 aliphatic carbocycles. The Bertz CT molecular complexity index is 552. The maximum atomic E-state index is 13.7. The summed E-state index contributed by atoms with van der Waals surface area (Å²) in [5.41, 5.74) is -2.17. The lowest BCUT2D eigenvalue weighted by molar-refractivity contribution is -0.236. The molecule has 5 nitrogen and oxygen atoms in total. The standard InChI is InChI=1S/C16H23F3N4O/c17-16(18,19)15(6-2-1-3-7-15)14(24)22-9-4-5-13(11-22)12-23-10-8-20-21-23/h8,10,13H,1-7,9,11-12H2. The van der Waals surface area contributed by atoms with Gasteiger partial charge in [-0.1, -0.05) is 24.5 Å². The van der Waals surface area contributed by atoms with Crippen LogP contribution >= 0.6 is 0 Å². The van der Waals surface area contributed by atoms with Crippen LogP contribution in [0.1, 0.15) is 44.9 Å². The molecule has 2 aliphatic rings. The average molecular weight is 344 g/mol. The van der Waals surface area contributed by atoms with Crippen LogP contribution in [0.3, 0.4) is 0 Å². The fourth-order valence-electron chi connectivity index (χ4n) is 4.07. The van der Waals surface area contributed by atoms with Gasteiger partial charge in [-0.2, -0.15) is 13.2 Å². The predicted octanol–water partition coefficient (Wildman–Crippen LogP) is 3.03. The number of amides is 1. The van der Waals surface area contributed by atoms with E-state index in [0.717, 1.165) is 19.3 Å². The molecule has 1 atom stereocenters. The first-order valence-electron chi connectivity index (χ1n) is 8.62. The molecule has 1 aromatic rings. The maximum absolute atomic E-state index is 13.7. The second-order valence-electron chi connectivity index (χ2n) is 7.03. The summed E-state index contributed by atoms with van der Waals surface area (Å²) < 4.78 is 42.9. The summed E-state index contributed by atoms with van der Waals surface area (Å²) in [6.07, 6.45) is 2.05. The Morgan fingerprint density at radius 1 is 1.21 bits per heavy atom. The van der Waals surface area contributed by atoms with E-state index >= 15 is 0 Å². The van der Waals surface area contributed by atoms with E-state index in [-0.39, 0.29) is 18.8 Å². The van der Waals surface area contributed by atoms with E-state index in [0.29, 0.717) is 32.5 Å². The highest BCUT2D eigenvalue weighted by atomic mass is 19.4. The highest BCUT2D eigenvalue weighted by Crippen LogP contribution is 2.50. The summed E-state index contributed by atoms with van der Waals surface area (Å²) in [6.45, 7) is 1.38. The highest BCUT2D eigenvalue weighted by molar-refractivity contribution is 5.84. The normalized spacial score (nSPS) is 24.8. The number of carbonyl (C=O) groups excluding carboxylic acids is 1. The van der Waals surface area contributed by atoms with E-state index in [4.69, 9.17) is 0 Å². The molecule has 1 aliphatic heterocycles. The zero-order chi connectivity index (χ0) is 17.2. The zero-order valence-corrected chi connectivity index (χ0v) is 13.6. The van der Waals surface area contributed by atoms with Crippen molar-refractivity contribution < 1.29 is 18.0 Å². The van der Waals surface area contributed by atoms with Crippen molar-refractivity contribution in [1.82, 2.24) is 19.9 Å². The van der Waals surface area contributed by atoms with Crippen molar-refractivity contribution in [3.05, 3.63) is 12.4 Å². The topological polar surface area (TPSA) is 51.0 Å². The van der Waals surface area contributed by atoms with Crippen LogP contribution in [-0.4, -0.2) is 45.1 Å². The third-order valence-electron chi connectivity index (χ3n) is 5.38. The quantitative estimate of drug-likeness (QED) is 0.847. The molecule has 24 heavy (non-hydrogen) atoms.